The largest absolute Gasteiger partial charge is 0.459 e. The molecule has 0 unspecified atom stereocenters. The van der Waals surface area contributed by atoms with Gasteiger partial charge in [-0.2, -0.15) is 0 Å². The van der Waals surface area contributed by atoms with E-state index in [4.69, 9.17) is 9.47 Å². The molecular formula is C13H16O4. The molecule has 0 aromatic heterocycles. The number of ether oxygens (including phenoxy) is 2. The zero-order chi connectivity index (χ0) is 12.4. The molecule has 0 aliphatic carbocycles. The summed E-state index contributed by atoms with van der Waals surface area (Å²) < 4.78 is 10.2. The zero-order valence-corrected chi connectivity index (χ0v) is 9.74. The van der Waals surface area contributed by atoms with Crippen LogP contribution in [0.2, 0.25) is 0 Å². The molecule has 0 amide bonds. The fourth-order valence-electron chi connectivity index (χ4n) is 2.16. The van der Waals surface area contributed by atoms with Gasteiger partial charge in [0.2, 0.25) is 0 Å². The first-order valence-electron chi connectivity index (χ1n) is 5.84. The Balaban J connectivity index is 1.67. The minimum absolute atomic E-state index is 0.0460. The molecule has 0 N–H and O–H groups in total. The van der Waals surface area contributed by atoms with Gasteiger partial charge in [-0.1, -0.05) is 13.2 Å². The van der Waals surface area contributed by atoms with Gasteiger partial charge in [-0.05, 0) is 19.3 Å². The smallest absolute Gasteiger partial charge is 0.333 e. The third-order valence-corrected chi connectivity index (χ3v) is 3.13. The van der Waals surface area contributed by atoms with Gasteiger partial charge >= 0.3 is 11.9 Å². The van der Waals surface area contributed by atoms with Gasteiger partial charge in [-0.25, -0.2) is 9.59 Å². The fourth-order valence-corrected chi connectivity index (χ4v) is 2.16. The van der Waals surface area contributed by atoms with Crippen LogP contribution >= 0.6 is 0 Å². The van der Waals surface area contributed by atoms with E-state index >= 15 is 0 Å². The van der Waals surface area contributed by atoms with Crippen molar-refractivity contribution in [2.24, 2.45) is 0 Å². The van der Waals surface area contributed by atoms with Crippen LogP contribution in [-0.2, 0) is 19.1 Å². The minimum Gasteiger partial charge on any atom is -0.459 e. The van der Waals surface area contributed by atoms with Crippen LogP contribution < -0.4 is 0 Å². The number of hydrogen-bond acceptors (Lipinski definition) is 4. The highest BCUT2D eigenvalue weighted by Crippen LogP contribution is 2.26. The Kier molecular flexibility index (Phi) is 3.31. The number of esters is 2. The highest BCUT2D eigenvalue weighted by atomic mass is 16.6. The van der Waals surface area contributed by atoms with E-state index in [1.54, 1.807) is 0 Å². The van der Waals surface area contributed by atoms with E-state index in [1.807, 2.05) is 0 Å². The number of cyclic esters (lactones) is 2. The van der Waals surface area contributed by atoms with Crippen LogP contribution in [0.3, 0.4) is 0 Å². The van der Waals surface area contributed by atoms with Gasteiger partial charge in [0.05, 0.1) is 0 Å². The normalized spacial score (nSPS) is 28.5. The Bertz CT molecular complexity index is 315. The van der Waals surface area contributed by atoms with Crippen LogP contribution in [0.4, 0.5) is 0 Å². The van der Waals surface area contributed by atoms with Crippen molar-refractivity contribution in [1.29, 1.82) is 0 Å². The summed E-state index contributed by atoms with van der Waals surface area (Å²) in [4.78, 5) is 22.2. The third kappa shape index (κ3) is 2.75. The van der Waals surface area contributed by atoms with E-state index in [1.165, 1.54) is 0 Å². The fraction of sp³-hybridized carbons (Fsp3) is 0.538. The van der Waals surface area contributed by atoms with E-state index in [-0.39, 0.29) is 24.1 Å². The van der Waals surface area contributed by atoms with Gasteiger partial charge in [0.25, 0.3) is 0 Å². The summed E-state index contributed by atoms with van der Waals surface area (Å²) in [7, 11) is 0. The average Bonchev–Trinajstić information content (AvgIpc) is 2.73. The molecule has 17 heavy (non-hydrogen) atoms. The van der Waals surface area contributed by atoms with Crippen LogP contribution in [-0.4, -0.2) is 24.1 Å². The van der Waals surface area contributed by atoms with Gasteiger partial charge < -0.3 is 9.47 Å². The monoisotopic (exact) mass is 236 g/mol. The number of hydrogen-bond donors (Lipinski definition) is 0. The SMILES string of the molecule is C=C1C[C@H](CCC[C@H]2CC(=C)C(=O)O2)OC1=O. The summed E-state index contributed by atoms with van der Waals surface area (Å²) in [5.74, 6) is -0.564. The van der Waals surface area contributed by atoms with E-state index in [0.29, 0.717) is 24.0 Å². The van der Waals surface area contributed by atoms with Gasteiger partial charge in [-0.3, -0.25) is 0 Å². The molecule has 2 fully saturated rings. The molecule has 0 aromatic rings. The van der Waals surface area contributed by atoms with Crippen molar-refractivity contribution in [2.75, 3.05) is 0 Å². The van der Waals surface area contributed by atoms with E-state index in [0.717, 1.165) is 19.3 Å². The van der Waals surface area contributed by atoms with Crippen molar-refractivity contribution >= 4 is 11.9 Å². The first-order chi connectivity index (χ1) is 8.06. The molecule has 2 aliphatic rings. The lowest BCUT2D eigenvalue weighted by molar-refractivity contribution is -0.139. The molecule has 0 saturated carbocycles. The molecule has 2 aliphatic heterocycles. The predicted octanol–water partition coefficient (Wildman–Crippen LogP) is 1.90. The van der Waals surface area contributed by atoms with Crippen molar-refractivity contribution in [1.82, 2.24) is 0 Å². The Morgan fingerprint density at radius 3 is 1.65 bits per heavy atom. The number of carbonyl (C=O) groups is 2. The molecule has 92 valence electrons. The van der Waals surface area contributed by atoms with Crippen molar-refractivity contribution in [3.63, 3.8) is 0 Å². The summed E-state index contributed by atoms with van der Waals surface area (Å²) >= 11 is 0. The summed E-state index contributed by atoms with van der Waals surface area (Å²) in [5, 5.41) is 0. The lowest BCUT2D eigenvalue weighted by Crippen LogP contribution is -2.10. The summed E-state index contributed by atoms with van der Waals surface area (Å²) in [6.07, 6.45) is 3.62. The average molecular weight is 236 g/mol. The van der Waals surface area contributed by atoms with E-state index in [9.17, 15) is 9.59 Å². The Morgan fingerprint density at radius 2 is 1.35 bits per heavy atom. The standard InChI is InChI=1S/C13H16O4/c1-8-6-10(16-12(8)14)4-3-5-11-7-9(2)13(15)17-11/h10-11H,1-7H2/t10-,11-/m0/s1. The van der Waals surface area contributed by atoms with Gasteiger partial charge in [0.15, 0.2) is 0 Å². The molecule has 2 heterocycles. The summed E-state index contributed by atoms with van der Waals surface area (Å²) in [6, 6.07) is 0. The maximum absolute atomic E-state index is 11.1. The number of carbonyl (C=O) groups excluding carboxylic acids is 2. The second-order valence-electron chi connectivity index (χ2n) is 4.60. The molecule has 0 spiro atoms. The van der Waals surface area contributed by atoms with Crippen LogP contribution in [0.25, 0.3) is 0 Å². The second kappa shape index (κ2) is 4.73. The molecule has 4 nitrogen and oxygen atoms in total. The Hall–Kier alpha value is -1.58. The van der Waals surface area contributed by atoms with Crippen molar-refractivity contribution in [3.8, 4) is 0 Å². The molecule has 2 rings (SSSR count). The molecule has 4 heteroatoms. The van der Waals surface area contributed by atoms with Gasteiger partial charge in [-0.15, -0.1) is 0 Å². The molecule has 2 saturated heterocycles. The lowest BCUT2D eigenvalue weighted by Gasteiger charge is -2.11. The van der Waals surface area contributed by atoms with Gasteiger partial charge in [0.1, 0.15) is 12.2 Å². The number of rotatable bonds is 4. The van der Waals surface area contributed by atoms with Crippen molar-refractivity contribution < 1.29 is 19.1 Å². The maximum Gasteiger partial charge on any atom is 0.333 e. The summed E-state index contributed by atoms with van der Waals surface area (Å²) in [6.45, 7) is 7.27. The highest BCUT2D eigenvalue weighted by Gasteiger charge is 2.29. The van der Waals surface area contributed by atoms with Gasteiger partial charge in [0, 0.05) is 24.0 Å². The maximum atomic E-state index is 11.1. The quantitative estimate of drug-likeness (QED) is 0.552. The topological polar surface area (TPSA) is 52.6 Å². The molecular weight excluding hydrogens is 220 g/mol. The first-order valence-corrected chi connectivity index (χ1v) is 5.84. The predicted molar refractivity (Wildman–Crippen MR) is 61.1 cm³/mol. The second-order valence-corrected chi connectivity index (χ2v) is 4.60. The van der Waals surface area contributed by atoms with Crippen molar-refractivity contribution in [3.05, 3.63) is 24.3 Å². The zero-order valence-electron chi connectivity index (χ0n) is 9.74. The molecule has 2 atom stereocenters. The molecule has 0 radical (unpaired) electrons. The summed E-state index contributed by atoms with van der Waals surface area (Å²) in [5.41, 5.74) is 1.10. The highest BCUT2D eigenvalue weighted by molar-refractivity contribution is 5.90. The van der Waals surface area contributed by atoms with Crippen LogP contribution in [0.1, 0.15) is 32.1 Å². The van der Waals surface area contributed by atoms with Crippen molar-refractivity contribution in [2.45, 2.75) is 44.3 Å². The molecule has 0 aromatic carbocycles. The van der Waals surface area contributed by atoms with E-state index < -0.39 is 0 Å². The third-order valence-electron chi connectivity index (χ3n) is 3.13. The Morgan fingerprint density at radius 1 is 0.941 bits per heavy atom. The van der Waals surface area contributed by atoms with Crippen LogP contribution in [0, 0.1) is 0 Å². The first kappa shape index (κ1) is 11.9. The Labute approximate surface area is 100 Å². The minimum atomic E-state index is -0.282. The van der Waals surface area contributed by atoms with E-state index in [2.05, 4.69) is 13.2 Å². The van der Waals surface area contributed by atoms with Crippen LogP contribution in [0.5, 0.6) is 0 Å². The molecule has 0 bridgehead atoms. The lowest BCUT2D eigenvalue weighted by atomic mass is 10.0. The van der Waals surface area contributed by atoms with Crippen LogP contribution in [0.15, 0.2) is 24.3 Å².